The predicted molar refractivity (Wildman–Crippen MR) is 135 cm³/mol. The lowest BCUT2D eigenvalue weighted by Crippen LogP contribution is -2.65. The van der Waals surface area contributed by atoms with E-state index in [1.165, 1.54) is 11.3 Å². The monoisotopic (exact) mass is 475 g/mol. The van der Waals surface area contributed by atoms with Crippen LogP contribution >= 0.6 is 11.3 Å². The molecule has 0 amide bonds. The van der Waals surface area contributed by atoms with Crippen LogP contribution < -0.4 is 4.90 Å². The Kier molecular flexibility index (Phi) is 6.53. The summed E-state index contributed by atoms with van der Waals surface area (Å²) in [5, 5.41) is 1.95. The number of benzene rings is 2. The van der Waals surface area contributed by atoms with Gasteiger partial charge in [-0.3, -0.25) is 4.79 Å². The summed E-state index contributed by atoms with van der Waals surface area (Å²) in [4.78, 5) is 29.4. The summed E-state index contributed by atoms with van der Waals surface area (Å²) in [5.41, 5.74) is 1.88. The number of anilines is 1. The van der Waals surface area contributed by atoms with Crippen molar-refractivity contribution in [2.45, 2.75) is 25.0 Å². The number of hydrogen-bond donors (Lipinski definition) is 0. The van der Waals surface area contributed by atoms with E-state index >= 15 is 0 Å². The van der Waals surface area contributed by atoms with E-state index in [9.17, 15) is 9.59 Å². The van der Waals surface area contributed by atoms with Crippen molar-refractivity contribution in [3.63, 3.8) is 0 Å². The van der Waals surface area contributed by atoms with Gasteiger partial charge in [-0.1, -0.05) is 54.6 Å². The number of carbonyl (C=O) groups excluding carboxylic acids is 2. The van der Waals surface area contributed by atoms with Crippen molar-refractivity contribution < 1.29 is 18.8 Å². The van der Waals surface area contributed by atoms with Crippen LogP contribution in [-0.2, 0) is 9.53 Å². The van der Waals surface area contributed by atoms with Gasteiger partial charge in [0.05, 0.1) is 18.0 Å². The number of nitrogens with zero attached hydrogens (tertiary/aromatic N) is 2. The van der Waals surface area contributed by atoms with E-state index in [4.69, 9.17) is 4.74 Å². The van der Waals surface area contributed by atoms with Crippen LogP contribution in [0.15, 0.2) is 78.2 Å². The zero-order chi connectivity index (χ0) is 23.5. The molecule has 176 valence electrons. The first kappa shape index (κ1) is 22.8. The number of piperidine rings is 3. The van der Waals surface area contributed by atoms with Gasteiger partial charge in [0.25, 0.3) is 0 Å². The van der Waals surface area contributed by atoms with Crippen molar-refractivity contribution in [1.82, 2.24) is 0 Å². The minimum Gasteiger partial charge on any atom is -0.454 e. The molecule has 2 aromatic carbocycles. The normalized spacial score (nSPS) is 24.4. The Morgan fingerprint density at radius 1 is 1.00 bits per heavy atom. The summed E-state index contributed by atoms with van der Waals surface area (Å²) in [6.07, 6.45) is 1.85. The molecule has 2 atom stereocenters. The number of thiophene rings is 1. The number of carbonyl (C=O) groups is 2. The second-order valence-corrected chi connectivity index (χ2v) is 10.6. The molecule has 0 aliphatic carbocycles. The maximum absolute atomic E-state index is 13.7. The molecule has 0 N–H and O–H groups in total. The number of likely N-dealkylation sites (N-methyl/N-ethyl adjacent to an activating group) is 1. The second kappa shape index (κ2) is 9.72. The summed E-state index contributed by atoms with van der Waals surface area (Å²) in [5.74, 6) is 0.352. The van der Waals surface area contributed by atoms with E-state index in [0.29, 0.717) is 12.5 Å². The Morgan fingerprint density at radius 3 is 2.32 bits per heavy atom. The van der Waals surface area contributed by atoms with Crippen LogP contribution in [0, 0.1) is 5.92 Å². The Bertz CT molecular complexity index is 1110. The fourth-order valence-electron chi connectivity index (χ4n) is 5.58. The number of fused-ring (bicyclic) bond motifs is 3. The quantitative estimate of drug-likeness (QED) is 0.262. The van der Waals surface area contributed by atoms with Crippen molar-refractivity contribution in [1.29, 1.82) is 0 Å². The van der Waals surface area contributed by atoms with Gasteiger partial charge in [0.2, 0.25) is 5.78 Å². The molecule has 6 rings (SSSR count). The molecule has 0 radical (unpaired) electrons. The maximum atomic E-state index is 13.7. The first-order valence-corrected chi connectivity index (χ1v) is 12.9. The van der Waals surface area contributed by atoms with Gasteiger partial charge >= 0.3 is 5.97 Å². The van der Waals surface area contributed by atoms with Gasteiger partial charge in [0, 0.05) is 31.5 Å². The fourth-order valence-corrected chi connectivity index (χ4v) is 6.23. The zero-order valence-electron chi connectivity index (χ0n) is 19.5. The number of esters is 1. The van der Waals surface area contributed by atoms with Crippen LogP contribution in [0.2, 0.25) is 0 Å². The highest BCUT2D eigenvalue weighted by Gasteiger charge is 2.49. The Labute approximate surface area is 205 Å². The summed E-state index contributed by atoms with van der Waals surface area (Å²) in [7, 11) is 1.94. The fraction of sp³-hybridized carbons (Fsp3) is 0.357. The van der Waals surface area contributed by atoms with Gasteiger partial charge in [-0.15, -0.1) is 11.3 Å². The van der Waals surface area contributed by atoms with Gasteiger partial charge in [-0.05, 0) is 29.1 Å². The summed E-state index contributed by atoms with van der Waals surface area (Å²) < 4.78 is 7.01. The molecule has 3 aromatic rings. The highest BCUT2D eigenvalue weighted by molar-refractivity contribution is 7.12. The number of quaternary nitrogens is 1. The molecular weight excluding hydrogens is 444 g/mol. The Hall–Kier alpha value is -2.96. The van der Waals surface area contributed by atoms with Gasteiger partial charge in [-0.2, -0.15) is 0 Å². The van der Waals surface area contributed by atoms with Crippen LogP contribution in [0.3, 0.4) is 0 Å². The van der Waals surface area contributed by atoms with E-state index in [1.807, 2.05) is 90.1 Å². The maximum Gasteiger partial charge on any atom is 0.333 e. The van der Waals surface area contributed by atoms with E-state index in [2.05, 4.69) is 0 Å². The minimum absolute atomic E-state index is 0.151. The SMILES string of the molecule is CN(c1ccccc1)C(C(=O)OC1C[N+]2(CC(=O)c3cccs3)CCC1CC2)c1ccccc1. The highest BCUT2D eigenvalue weighted by atomic mass is 32.1. The predicted octanol–water partition coefficient (Wildman–Crippen LogP) is 4.96. The molecule has 2 bridgehead atoms. The van der Waals surface area contributed by atoms with Crippen LogP contribution in [0.4, 0.5) is 5.69 Å². The van der Waals surface area contributed by atoms with Crippen molar-refractivity contribution in [3.05, 3.63) is 88.6 Å². The number of ether oxygens (including phenoxy) is 1. The smallest absolute Gasteiger partial charge is 0.333 e. The van der Waals surface area contributed by atoms with E-state index < -0.39 is 6.04 Å². The molecule has 0 spiro atoms. The third-order valence-electron chi connectivity index (χ3n) is 7.47. The first-order chi connectivity index (χ1) is 16.5. The summed E-state index contributed by atoms with van der Waals surface area (Å²) in [6.45, 7) is 3.20. The van der Waals surface area contributed by atoms with E-state index in [-0.39, 0.29) is 17.9 Å². The van der Waals surface area contributed by atoms with E-state index in [1.54, 1.807) is 0 Å². The standard InChI is InChI=1S/C28H31N2O3S/c1-29(23-11-6-3-7-12-23)27(22-9-4-2-5-10-22)28(32)33-25-20-30(16-14-21(25)15-17-30)19-24(31)26-13-8-18-34-26/h2-13,18,21,25,27H,14-17,19-20H2,1H3/q+1. The molecule has 0 saturated carbocycles. The van der Waals surface area contributed by atoms with E-state index in [0.717, 1.165) is 53.1 Å². The molecule has 3 aliphatic heterocycles. The number of hydrogen-bond acceptors (Lipinski definition) is 5. The minimum atomic E-state index is -0.528. The molecule has 34 heavy (non-hydrogen) atoms. The zero-order valence-corrected chi connectivity index (χ0v) is 20.3. The third-order valence-corrected chi connectivity index (χ3v) is 8.38. The summed E-state index contributed by atoms with van der Waals surface area (Å²) >= 11 is 1.51. The summed E-state index contributed by atoms with van der Waals surface area (Å²) in [6, 6.07) is 23.1. The van der Waals surface area contributed by atoms with Crippen LogP contribution in [-0.4, -0.2) is 55.6 Å². The van der Waals surface area contributed by atoms with Crippen molar-refractivity contribution in [3.8, 4) is 0 Å². The molecule has 2 unspecified atom stereocenters. The average Bonchev–Trinajstić information content (AvgIpc) is 3.41. The molecule has 3 saturated heterocycles. The third kappa shape index (κ3) is 4.65. The van der Waals surface area contributed by atoms with Crippen molar-refractivity contribution in [2.75, 3.05) is 38.1 Å². The molecule has 5 nitrogen and oxygen atoms in total. The number of Topliss-reactive ketones (excluding diaryl/α,β-unsaturated/α-hetero) is 1. The van der Waals surface area contributed by atoms with Crippen LogP contribution in [0.1, 0.15) is 34.1 Å². The lowest BCUT2D eigenvalue weighted by atomic mass is 9.83. The van der Waals surface area contributed by atoms with Gasteiger partial charge in [0.15, 0.2) is 12.1 Å². The number of ketones is 1. The van der Waals surface area contributed by atoms with Gasteiger partial charge in [-0.25, -0.2) is 4.79 Å². The molecule has 1 aromatic heterocycles. The Balaban J connectivity index is 1.34. The molecular formula is C28H31N2O3S+. The van der Waals surface area contributed by atoms with Crippen molar-refractivity contribution in [2.24, 2.45) is 5.92 Å². The molecule has 3 aliphatic rings. The lowest BCUT2D eigenvalue weighted by molar-refractivity contribution is -0.938. The highest BCUT2D eigenvalue weighted by Crippen LogP contribution is 2.37. The van der Waals surface area contributed by atoms with Crippen LogP contribution in [0.25, 0.3) is 0 Å². The first-order valence-electron chi connectivity index (χ1n) is 12.0. The molecule has 6 heteroatoms. The number of rotatable bonds is 8. The lowest BCUT2D eigenvalue weighted by Gasteiger charge is -2.51. The van der Waals surface area contributed by atoms with Crippen LogP contribution in [0.5, 0.6) is 0 Å². The molecule has 3 fully saturated rings. The van der Waals surface area contributed by atoms with Gasteiger partial charge < -0.3 is 14.1 Å². The van der Waals surface area contributed by atoms with Crippen molar-refractivity contribution >= 4 is 28.8 Å². The number of para-hydroxylation sites is 1. The average molecular weight is 476 g/mol. The second-order valence-electron chi connectivity index (χ2n) is 9.60. The van der Waals surface area contributed by atoms with Gasteiger partial charge in [0.1, 0.15) is 13.1 Å². The molecule has 4 heterocycles. The topological polar surface area (TPSA) is 46.6 Å². The Morgan fingerprint density at radius 2 is 1.68 bits per heavy atom. The largest absolute Gasteiger partial charge is 0.454 e.